The van der Waals surface area contributed by atoms with Gasteiger partial charge in [0.05, 0.1) is 20.3 Å². The second kappa shape index (κ2) is 5.75. The van der Waals surface area contributed by atoms with E-state index in [9.17, 15) is 4.79 Å². The van der Waals surface area contributed by atoms with Crippen LogP contribution in [0.25, 0.3) is 0 Å². The lowest BCUT2D eigenvalue weighted by Crippen LogP contribution is -2.34. The van der Waals surface area contributed by atoms with Crippen LogP contribution in [0, 0.1) is 11.8 Å². The third-order valence-corrected chi connectivity index (χ3v) is 3.89. The van der Waals surface area contributed by atoms with Crippen LogP contribution in [0.3, 0.4) is 0 Å². The summed E-state index contributed by atoms with van der Waals surface area (Å²) < 4.78 is 15.5. The zero-order chi connectivity index (χ0) is 14.0. The summed E-state index contributed by atoms with van der Waals surface area (Å²) in [4.78, 5) is 11.2. The molecule has 2 aliphatic carbocycles. The third-order valence-electron chi connectivity index (χ3n) is 3.89. The van der Waals surface area contributed by atoms with Gasteiger partial charge in [-0.15, -0.1) is 0 Å². The molecule has 0 saturated heterocycles. The molecule has 1 fully saturated rings. The number of nitrogens with two attached hydrogens (primary N) is 1. The van der Waals surface area contributed by atoms with Crippen LogP contribution in [-0.2, 0) is 19.0 Å². The number of fused-ring (bicyclic) bond motifs is 1. The van der Waals surface area contributed by atoms with Gasteiger partial charge in [0.1, 0.15) is 12.4 Å². The van der Waals surface area contributed by atoms with Crippen LogP contribution in [0.5, 0.6) is 0 Å². The molecular formula is C14H21NO4. The largest absolute Gasteiger partial charge is 0.497 e. The Bertz CT molecular complexity index is 416. The highest BCUT2D eigenvalue weighted by Crippen LogP contribution is 2.42. The van der Waals surface area contributed by atoms with Crippen molar-refractivity contribution in [3.8, 4) is 0 Å². The van der Waals surface area contributed by atoms with E-state index in [0.717, 1.165) is 17.8 Å². The topological polar surface area (TPSA) is 70.8 Å². The Labute approximate surface area is 113 Å². The van der Waals surface area contributed by atoms with Gasteiger partial charge >= 0.3 is 5.97 Å². The number of carbonyl (C=O) groups excluding carboxylic acids is 1. The first-order chi connectivity index (χ1) is 9.06. The Balaban J connectivity index is 2.13. The molecule has 2 aliphatic rings. The summed E-state index contributed by atoms with van der Waals surface area (Å²) >= 11 is 0. The van der Waals surface area contributed by atoms with Crippen LogP contribution < -0.4 is 5.73 Å². The van der Waals surface area contributed by atoms with Crippen LogP contribution in [0.1, 0.15) is 13.3 Å². The summed E-state index contributed by atoms with van der Waals surface area (Å²) in [5.41, 5.74) is 7.26. The van der Waals surface area contributed by atoms with Crippen LogP contribution in [0.15, 0.2) is 23.5 Å². The average Bonchev–Trinajstić information content (AvgIpc) is 2.72. The minimum Gasteiger partial charge on any atom is -0.497 e. The number of carbonyl (C=O) groups is 1. The predicted molar refractivity (Wildman–Crippen MR) is 70.2 cm³/mol. The lowest BCUT2D eigenvalue weighted by atomic mass is 9.84. The highest BCUT2D eigenvalue weighted by atomic mass is 16.6. The van der Waals surface area contributed by atoms with Crippen LogP contribution >= 0.6 is 0 Å². The molecule has 2 N–H and O–H groups in total. The van der Waals surface area contributed by atoms with Crippen molar-refractivity contribution < 1.29 is 19.0 Å². The van der Waals surface area contributed by atoms with Gasteiger partial charge in [-0.05, 0) is 36.0 Å². The molecule has 0 radical (unpaired) electrons. The molecule has 0 aromatic rings. The highest BCUT2D eigenvalue weighted by molar-refractivity contribution is 5.70. The van der Waals surface area contributed by atoms with Gasteiger partial charge in [-0.3, -0.25) is 0 Å². The van der Waals surface area contributed by atoms with Crippen LogP contribution in [0.2, 0.25) is 0 Å². The minimum absolute atomic E-state index is 0.0701. The Morgan fingerprint density at radius 3 is 2.84 bits per heavy atom. The fraction of sp³-hybridized carbons (Fsp3) is 0.643. The smallest absolute Gasteiger partial charge is 0.331 e. The fourth-order valence-corrected chi connectivity index (χ4v) is 2.87. The van der Waals surface area contributed by atoms with Crippen molar-refractivity contribution >= 4 is 5.97 Å². The molecule has 0 amide bonds. The molecular weight excluding hydrogens is 246 g/mol. The standard InChI is InChI=1S/C14H21NO4/c1-8-4-9(17-2)5-11-10(8)6-12(15)14(11)19-7-13(16)18-3/h4-5,8,10,12,14H,6-7,15H2,1-3H3. The van der Waals surface area contributed by atoms with E-state index in [2.05, 4.69) is 17.7 Å². The molecule has 4 atom stereocenters. The maximum atomic E-state index is 11.2. The predicted octanol–water partition coefficient (Wildman–Crippen LogP) is 0.998. The van der Waals surface area contributed by atoms with Crippen molar-refractivity contribution in [2.75, 3.05) is 20.8 Å². The zero-order valence-corrected chi connectivity index (χ0v) is 11.6. The minimum atomic E-state index is -0.386. The van der Waals surface area contributed by atoms with Gasteiger partial charge in [0, 0.05) is 6.04 Å². The summed E-state index contributed by atoms with van der Waals surface area (Å²) in [5, 5.41) is 0. The Hall–Kier alpha value is -1.33. The molecule has 0 aliphatic heterocycles. The van der Waals surface area contributed by atoms with Crippen molar-refractivity contribution in [3.05, 3.63) is 23.5 Å². The molecule has 19 heavy (non-hydrogen) atoms. The van der Waals surface area contributed by atoms with Crippen molar-refractivity contribution in [1.29, 1.82) is 0 Å². The molecule has 2 rings (SSSR count). The maximum absolute atomic E-state index is 11.2. The van der Waals surface area contributed by atoms with Crippen molar-refractivity contribution in [2.24, 2.45) is 17.6 Å². The monoisotopic (exact) mass is 267 g/mol. The summed E-state index contributed by atoms with van der Waals surface area (Å²) in [6.07, 6.45) is 4.72. The summed E-state index contributed by atoms with van der Waals surface area (Å²) in [5.74, 6) is 1.19. The number of esters is 1. The van der Waals surface area contributed by atoms with Crippen LogP contribution in [-0.4, -0.2) is 38.9 Å². The van der Waals surface area contributed by atoms with Gasteiger partial charge in [-0.1, -0.05) is 6.92 Å². The SMILES string of the molecule is COC(=O)COC1C2=CC(OC)=CC(C)C2CC1N. The van der Waals surface area contributed by atoms with E-state index in [0.29, 0.717) is 11.8 Å². The van der Waals surface area contributed by atoms with E-state index >= 15 is 0 Å². The zero-order valence-electron chi connectivity index (χ0n) is 11.6. The Kier molecular flexibility index (Phi) is 4.27. The van der Waals surface area contributed by atoms with E-state index in [4.69, 9.17) is 15.2 Å². The van der Waals surface area contributed by atoms with E-state index in [1.54, 1.807) is 7.11 Å². The normalized spacial score (nSPS) is 33.3. The average molecular weight is 267 g/mol. The number of hydrogen-bond donors (Lipinski definition) is 1. The summed E-state index contributed by atoms with van der Waals surface area (Å²) in [7, 11) is 2.99. The second-order valence-corrected chi connectivity index (χ2v) is 5.09. The molecule has 0 aromatic heterocycles. The van der Waals surface area contributed by atoms with Gasteiger partial charge in [0.15, 0.2) is 0 Å². The summed E-state index contributed by atoms with van der Waals surface area (Å²) in [6, 6.07) is -0.0898. The van der Waals surface area contributed by atoms with E-state index < -0.39 is 0 Å². The number of methoxy groups -OCH3 is 2. The second-order valence-electron chi connectivity index (χ2n) is 5.09. The fourth-order valence-electron chi connectivity index (χ4n) is 2.87. The van der Waals surface area contributed by atoms with Gasteiger partial charge in [0.25, 0.3) is 0 Å². The number of rotatable bonds is 4. The number of allylic oxidation sites excluding steroid dienone is 2. The molecule has 5 nitrogen and oxygen atoms in total. The Morgan fingerprint density at radius 1 is 1.47 bits per heavy atom. The maximum Gasteiger partial charge on any atom is 0.331 e. The molecule has 0 heterocycles. The van der Waals surface area contributed by atoms with Gasteiger partial charge in [0.2, 0.25) is 0 Å². The van der Waals surface area contributed by atoms with E-state index in [-0.39, 0.29) is 24.7 Å². The van der Waals surface area contributed by atoms with E-state index in [1.165, 1.54) is 7.11 Å². The molecule has 106 valence electrons. The molecule has 5 heteroatoms. The number of ether oxygens (including phenoxy) is 3. The quantitative estimate of drug-likeness (QED) is 0.769. The molecule has 1 saturated carbocycles. The van der Waals surface area contributed by atoms with Gasteiger partial charge < -0.3 is 19.9 Å². The first-order valence-corrected chi connectivity index (χ1v) is 6.48. The van der Waals surface area contributed by atoms with Crippen molar-refractivity contribution in [2.45, 2.75) is 25.5 Å². The molecule has 0 spiro atoms. The highest BCUT2D eigenvalue weighted by Gasteiger charge is 2.41. The first kappa shape index (κ1) is 14.1. The molecule has 0 bridgehead atoms. The van der Waals surface area contributed by atoms with Gasteiger partial charge in [-0.25, -0.2) is 4.79 Å². The van der Waals surface area contributed by atoms with E-state index in [1.807, 2.05) is 6.08 Å². The molecule has 0 aromatic carbocycles. The summed E-state index contributed by atoms with van der Waals surface area (Å²) in [6.45, 7) is 2.07. The molecule has 4 unspecified atom stereocenters. The van der Waals surface area contributed by atoms with Gasteiger partial charge in [-0.2, -0.15) is 0 Å². The van der Waals surface area contributed by atoms with Crippen molar-refractivity contribution in [1.82, 2.24) is 0 Å². The lowest BCUT2D eigenvalue weighted by molar-refractivity contribution is -0.147. The first-order valence-electron chi connectivity index (χ1n) is 6.48. The van der Waals surface area contributed by atoms with Crippen molar-refractivity contribution in [3.63, 3.8) is 0 Å². The number of hydrogen-bond acceptors (Lipinski definition) is 5. The lowest BCUT2D eigenvalue weighted by Gasteiger charge is -2.25. The Morgan fingerprint density at radius 2 is 2.21 bits per heavy atom. The van der Waals surface area contributed by atoms with Crippen LogP contribution in [0.4, 0.5) is 0 Å². The third kappa shape index (κ3) is 2.82.